The normalized spacial score (nSPS) is 12.8. The van der Waals surface area contributed by atoms with Crippen LogP contribution in [-0.4, -0.2) is 0 Å². The van der Waals surface area contributed by atoms with E-state index in [9.17, 15) is 0 Å². The molecule has 0 saturated carbocycles. The number of rotatable bonds is 1. The van der Waals surface area contributed by atoms with Crippen LogP contribution in [0.15, 0.2) is 23.8 Å². The molecule has 72 valence electrons. The predicted octanol–water partition coefficient (Wildman–Crippen LogP) is 4.58. The summed E-state index contributed by atoms with van der Waals surface area (Å²) in [6.45, 7) is 14.9. The minimum absolute atomic E-state index is 0.319. The maximum atomic E-state index is 2.22. The van der Waals surface area contributed by atoms with Gasteiger partial charge in [-0.05, 0) is 19.3 Å². The van der Waals surface area contributed by atoms with Crippen LogP contribution in [0.5, 0.6) is 0 Å². The minimum atomic E-state index is 0.319. The van der Waals surface area contributed by atoms with Crippen molar-refractivity contribution in [2.45, 2.75) is 48.5 Å². The fraction of sp³-hybridized carbons (Fsp3) is 0.667. The maximum absolute atomic E-state index is 2.22. The number of hydrogen-bond donors (Lipinski definition) is 0. The molecule has 0 rings (SSSR count). The Bertz CT molecular complexity index is 142. The summed E-state index contributed by atoms with van der Waals surface area (Å²) in [5.74, 6) is 0. The lowest BCUT2D eigenvalue weighted by Crippen LogP contribution is -2.05. The van der Waals surface area contributed by atoms with Gasteiger partial charge in [0.2, 0.25) is 0 Å². The van der Waals surface area contributed by atoms with Crippen LogP contribution >= 0.6 is 0 Å². The van der Waals surface area contributed by atoms with E-state index in [0.29, 0.717) is 5.41 Å². The van der Waals surface area contributed by atoms with Gasteiger partial charge in [0, 0.05) is 0 Å². The Morgan fingerprint density at radius 1 is 1.08 bits per heavy atom. The molecule has 0 aliphatic heterocycles. The zero-order chi connectivity index (χ0) is 10.2. The molecule has 0 N–H and O–H groups in total. The van der Waals surface area contributed by atoms with Crippen molar-refractivity contribution in [3.05, 3.63) is 23.8 Å². The molecule has 0 nitrogen and oxygen atoms in total. The molecule has 0 amide bonds. The van der Waals surface area contributed by atoms with Crippen LogP contribution in [0.2, 0.25) is 0 Å². The SMILES string of the molecule is C/C=C\C=C(/C)C(C)(C)C.CC. The molecule has 0 aromatic heterocycles. The molecular weight excluding hydrogens is 144 g/mol. The molecule has 0 spiro atoms. The standard InChI is InChI=1S/C10H18.C2H6/c1-6-7-8-9(2)10(3,4)5;1-2/h6-8H,1-5H3;1-2H3/b7-6-,9-8+;. The van der Waals surface area contributed by atoms with Gasteiger partial charge in [0.05, 0.1) is 0 Å². The molecule has 0 aromatic rings. The fourth-order valence-electron chi connectivity index (χ4n) is 0.491. The summed E-state index contributed by atoms with van der Waals surface area (Å²) >= 11 is 0. The summed E-state index contributed by atoms with van der Waals surface area (Å²) in [7, 11) is 0. The Balaban J connectivity index is 0. The molecule has 0 saturated heterocycles. The second-order valence-corrected chi connectivity index (χ2v) is 3.63. The smallest absolute Gasteiger partial charge is 0.0173 e. The Hall–Kier alpha value is -0.520. The first-order valence-electron chi connectivity index (χ1n) is 4.78. The summed E-state index contributed by atoms with van der Waals surface area (Å²) in [4.78, 5) is 0. The quantitative estimate of drug-likeness (QED) is 0.503. The molecule has 0 atom stereocenters. The fourth-order valence-corrected chi connectivity index (χ4v) is 0.491. The van der Waals surface area contributed by atoms with Crippen molar-refractivity contribution in [2.75, 3.05) is 0 Å². The third-order valence-corrected chi connectivity index (χ3v) is 1.72. The third-order valence-electron chi connectivity index (χ3n) is 1.72. The molecule has 0 aliphatic rings. The van der Waals surface area contributed by atoms with Crippen LogP contribution in [0.4, 0.5) is 0 Å². The van der Waals surface area contributed by atoms with Gasteiger partial charge in [0.25, 0.3) is 0 Å². The van der Waals surface area contributed by atoms with Gasteiger partial charge in [-0.3, -0.25) is 0 Å². The van der Waals surface area contributed by atoms with Crippen LogP contribution in [0.25, 0.3) is 0 Å². The van der Waals surface area contributed by atoms with Gasteiger partial charge < -0.3 is 0 Å². The lowest BCUT2D eigenvalue weighted by molar-refractivity contribution is 0.504. The van der Waals surface area contributed by atoms with Crippen molar-refractivity contribution >= 4 is 0 Å². The van der Waals surface area contributed by atoms with Crippen LogP contribution < -0.4 is 0 Å². The number of hydrogen-bond acceptors (Lipinski definition) is 0. The van der Waals surface area contributed by atoms with E-state index in [1.54, 1.807) is 0 Å². The minimum Gasteiger partial charge on any atom is -0.0877 e. The van der Waals surface area contributed by atoms with Gasteiger partial charge in [0.1, 0.15) is 0 Å². The van der Waals surface area contributed by atoms with E-state index in [-0.39, 0.29) is 0 Å². The molecular formula is C12H24. The zero-order valence-corrected chi connectivity index (χ0v) is 9.73. The average molecular weight is 168 g/mol. The summed E-state index contributed by atoms with van der Waals surface area (Å²) in [6, 6.07) is 0. The molecule has 0 aliphatic carbocycles. The topological polar surface area (TPSA) is 0 Å². The predicted molar refractivity (Wildman–Crippen MR) is 59.4 cm³/mol. The summed E-state index contributed by atoms with van der Waals surface area (Å²) in [5.41, 5.74) is 1.74. The van der Waals surface area contributed by atoms with Crippen molar-refractivity contribution in [1.82, 2.24) is 0 Å². The van der Waals surface area contributed by atoms with Gasteiger partial charge in [-0.15, -0.1) is 0 Å². The van der Waals surface area contributed by atoms with Crippen LogP contribution in [0, 0.1) is 5.41 Å². The molecule has 0 heteroatoms. The van der Waals surface area contributed by atoms with Gasteiger partial charge in [-0.25, -0.2) is 0 Å². The van der Waals surface area contributed by atoms with E-state index in [2.05, 4.69) is 45.9 Å². The molecule has 0 unspecified atom stereocenters. The molecule has 0 heterocycles. The largest absolute Gasteiger partial charge is 0.0877 e. The van der Waals surface area contributed by atoms with Crippen LogP contribution in [0.1, 0.15) is 48.5 Å². The first-order chi connectivity index (χ1) is 5.48. The average Bonchev–Trinajstić information content (AvgIpc) is 2.02. The Morgan fingerprint density at radius 3 is 1.75 bits per heavy atom. The highest BCUT2D eigenvalue weighted by Gasteiger charge is 2.10. The Kier molecular flexibility index (Phi) is 8.36. The molecule has 0 radical (unpaired) electrons. The van der Waals surface area contributed by atoms with Gasteiger partial charge >= 0.3 is 0 Å². The summed E-state index contributed by atoms with van der Waals surface area (Å²) in [6.07, 6.45) is 6.30. The lowest BCUT2D eigenvalue weighted by Gasteiger charge is -2.18. The lowest BCUT2D eigenvalue weighted by atomic mass is 9.87. The molecule has 0 fully saturated rings. The highest BCUT2D eigenvalue weighted by molar-refractivity contribution is 5.15. The van der Waals surface area contributed by atoms with E-state index < -0.39 is 0 Å². The zero-order valence-electron chi connectivity index (χ0n) is 9.73. The second kappa shape index (κ2) is 7.15. The second-order valence-electron chi connectivity index (χ2n) is 3.63. The third kappa shape index (κ3) is 7.59. The number of allylic oxidation sites excluding steroid dienone is 4. The van der Waals surface area contributed by atoms with Gasteiger partial charge in [0.15, 0.2) is 0 Å². The summed E-state index contributed by atoms with van der Waals surface area (Å²) < 4.78 is 0. The van der Waals surface area contributed by atoms with Gasteiger partial charge in [-0.1, -0.05) is 58.4 Å². The van der Waals surface area contributed by atoms with E-state index in [1.165, 1.54) is 5.57 Å². The van der Waals surface area contributed by atoms with Crippen molar-refractivity contribution in [3.8, 4) is 0 Å². The van der Waals surface area contributed by atoms with Crippen molar-refractivity contribution < 1.29 is 0 Å². The van der Waals surface area contributed by atoms with Crippen LogP contribution in [0.3, 0.4) is 0 Å². The highest BCUT2D eigenvalue weighted by Crippen LogP contribution is 2.23. The van der Waals surface area contributed by atoms with Crippen molar-refractivity contribution in [2.24, 2.45) is 5.41 Å². The molecule has 12 heavy (non-hydrogen) atoms. The summed E-state index contributed by atoms with van der Waals surface area (Å²) in [5, 5.41) is 0. The van der Waals surface area contributed by atoms with Gasteiger partial charge in [-0.2, -0.15) is 0 Å². The van der Waals surface area contributed by atoms with E-state index in [4.69, 9.17) is 0 Å². The van der Waals surface area contributed by atoms with E-state index in [1.807, 2.05) is 20.8 Å². The van der Waals surface area contributed by atoms with E-state index >= 15 is 0 Å². The Labute approximate surface area is 78.4 Å². The monoisotopic (exact) mass is 168 g/mol. The molecule has 0 aromatic carbocycles. The van der Waals surface area contributed by atoms with Crippen LogP contribution in [-0.2, 0) is 0 Å². The van der Waals surface area contributed by atoms with E-state index in [0.717, 1.165) is 0 Å². The van der Waals surface area contributed by atoms with Crippen molar-refractivity contribution in [3.63, 3.8) is 0 Å². The maximum Gasteiger partial charge on any atom is -0.0173 e. The highest BCUT2D eigenvalue weighted by atomic mass is 14.2. The molecule has 0 bridgehead atoms. The first-order valence-corrected chi connectivity index (χ1v) is 4.78. The first kappa shape index (κ1) is 14.0. The van der Waals surface area contributed by atoms with Crippen molar-refractivity contribution in [1.29, 1.82) is 0 Å². The Morgan fingerprint density at radius 2 is 1.50 bits per heavy atom.